The lowest BCUT2D eigenvalue weighted by atomic mass is 10.1. The van der Waals surface area contributed by atoms with Crippen LogP contribution in [0.3, 0.4) is 0 Å². The van der Waals surface area contributed by atoms with E-state index in [9.17, 15) is 28.5 Å². The summed E-state index contributed by atoms with van der Waals surface area (Å²) in [7, 11) is -4.70. The lowest BCUT2D eigenvalue weighted by molar-refractivity contribution is -0.0468. The predicted molar refractivity (Wildman–Crippen MR) is 144 cm³/mol. The highest BCUT2D eigenvalue weighted by Crippen LogP contribution is 2.33. The van der Waals surface area contributed by atoms with Gasteiger partial charge in [-0.3, -0.25) is 18.5 Å². The molecule has 18 nitrogen and oxygen atoms in total. The molecule has 0 bridgehead atoms. The van der Waals surface area contributed by atoms with Crippen LogP contribution < -0.4 is 10.5 Å². The van der Waals surface area contributed by atoms with Gasteiger partial charge in [-0.25, -0.2) is 9.71 Å². The van der Waals surface area contributed by atoms with Crippen LogP contribution in [0.15, 0.2) is 61.2 Å². The van der Waals surface area contributed by atoms with Crippen LogP contribution in [0.2, 0.25) is 0 Å². The van der Waals surface area contributed by atoms with Crippen LogP contribution in [0.4, 0.5) is 5.82 Å². The number of fused-ring (bicyclic) bond motifs is 1. The lowest BCUT2D eigenvalue weighted by Gasteiger charge is -2.16. The highest BCUT2D eigenvalue weighted by molar-refractivity contribution is 7.85. The van der Waals surface area contributed by atoms with Crippen molar-refractivity contribution in [1.82, 2.24) is 44.2 Å². The molecule has 222 valence electrons. The largest absolute Gasteiger partial charge is 0.507 e. The summed E-state index contributed by atoms with van der Waals surface area (Å²) in [6.07, 6.45) is -1.44. The Morgan fingerprint density at radius 3 is 2.63 bits per heavy atom. The molecule has 19 heteroatoms. The second-order valence-electron chi connectivity index (χ2n) is 9.23. The molecule has 1 amide bonds. The minimum Gasteiger partial charge on any atom is -0.507 e. The molecule has 1 aliphatic heterocycles. The highest BCUT2D eigenvalue weighted by Gasteiger charge is 2.45. The third-order valence-corrected chi connectivity index (χ3v) is 7.31. The fourth-order valence-corrected chi connectivity index (χ4v) is 5.03. The predicted octanol–water partition coefficient (Wildman–Crippen LogP) is -0.933. The molecule has 6 rings (SSSR count). The number of nitrogens with zero attached hydrogens (tertiary/aromatic N) is 8. The van der Waals surface area contributed by atoms with Crippen LogP contribution >= 0.6 is 0 Å². The van der Waals surface area contributed by atoms with Crippen molar-refractivity contribution >= 4 is 33.2 Å². The van der Waals surface area contributed by atoms with Gasteiger partial charge in [0.15, 0.2) is 17.7 Å². The third-order valence-electron chi connectivity index (χ3n) is 6.43. The topological polar surface area (TPSA) is 256 Å². The number of carbonyl (C=O) groups excluding carboxylic acids is 1. The number of carbonyl (C=O) groups is 1. The fourth-order valence-electron chi connectivity index (χ4n) is 4.33. The number of imidazole rings is 1. The number of aliphatic hydroxyl groups is 2. The minimum atomic E-state index is -4.70. The Labute approximate surface area is 241 Å². The zero-order valence-corrected chi connectivity index (χ0v) is 22.6. The molecule has 1 aromatic carbocycles. The van der Waals surface area contributed by atoms with Crippen molar-refractivity contribution in [2.45, 2.75) is 24.5 Å². The summed E-state index contributed by atoms with van der Waals surface area (Å²) in [5.74, 6) is -1.58. The van der Waals surface area contributed by atoms with E-state index in [-0.39, 0.29) is 28.5 Å². The molecule has 1 saturated heterocycles. The highest BCUT2D eigenvalue weighted by atomic mass is 32.2. The quantitative estimate of drug-likeness (QED) is 0.142. The van der Waals surface area contributed by atoms with Gasteiger partial charge in [0.1, 0.15) is 35.3 Å². The molecule has 4 unspecified atom stereocenters. The molecule has 1 fully saturated rings. The first-order valence-electron chi connectivity index (χ1n) is 12.5. The molecule has 4 atom stereocenters. The molecule has 6 N–H and O–H groups in total. The van der Waals surface area contributed by atoms with Gasteiger partial charge < -0.3 is 25.8 Å². The minimum absolute atomic E-state index is 0.0145. The number of aromatic nitrogens is 8. The SMILES string of the molecule is Nc1nc(-n2cc(-c3ccccn3)nn2)nc2c1ncn2C1OC(COS(=O)(=O)NC(=O)c2ccccc2O)C(O)C1O. The first-order chi connectivity index (χ1) is 20.6. The molecule has 1 aliphatic rings. The van der Waals surface area contributed by atoms with Crippen molar-refractivity contribution < 1.29 is 37.5 Å². The zero-order valence-electron chi connectivity index (χ0n) is 21.7. The number of pyridine rings is 1. The average Bonchev–Trinajstić information content (AvgIpc) is 3.71. The second kappa shape index (κ2) is 11.0. The molecule has 0 spiro atoms. The van der Waals surface area contributed by atoms with Gasteiger partial charge in [-0.05, 0) is 24.3 Å². The number of benzene rings is 1. The van der Waals surface area contributed by atoms with Crippen LogP contribution in [0.25, 0.3) is 28.5 Å². The fraction of sp³-hybridized carbons (Fsp3) is 0.208. The number of hydrogen-bond acceptors (Lipinski definition) is 15. The van der Waals surface area contributed by atoms with E-state index in [1.807, 2.05) is 0 Å². The van der Waals surface area contributed by atoms with Gasteiger partial charge in [0.2, 0.25) is 0 Å². The van der Waals surface area contributed by atoms with Gasteiger partial charge in [0.05, 0.1) is 30.4 Å². The maximum atomic E-state index is 12.4. The lowest BCUT2D eigenvalue weighted by Crippen LogP contribution is -2.37. The van der Waals surface area contributed by atoms with E-state index in [4.69, 9.17) is 14.7 Å². The first kappa shape index (κ1) is 28.1. The standard InChI is InChI=1S/C24H22N10O8S/c25-20-17-21(29-24(28-20)34-9-14(30-32-34)13-6-3-4-8-26-13)33(11-27-17)23-19(37)18(36)16(42-23)10-41-43(39,40)31-22(38)12-5-1-2-7-15(12)35/h1-9,11,16,18-19,23,35-37H,10H2,(H,31,38)(H2,25,28,29). The van der Waals surface area contributed by atoms with Crippen LogP contribution in [-0.4, -0.2) is 94.1 Å². The number of amides is 1. The van der Waals surface area contributed by atoms with E-state index in [0.29, 0.717) is 11.4 Å². The van der Waals surface area contributed by atoms with E-state index in [1.165, 1.54) is 39.8 Å². The number of phenols is 1. The number of nitrogens with two attached hydrogens (primary N) is 1. The molecule has 43 heavy (non-hydrogen) atoms. The molecule has 5 heterocycles. The number of hydrogen-bond donors (Lipinski definition) is 5. The molecule has 5 aromatic rings. The summed E-state index contributed by atoms with van der Waals surface area (Å²) < 4.78 is 39.5. The summed E-state index contributed by atoms with van der Waals surface area (Å²) in [6.45, 7) is -0.775. The number of ether oxygens (including phenoxy) is 1. The van der Waals surface area contributed by atoms with E-state index in [1.54, 1.807) is 35.3 Å². The van der Waals surface area contributed by atoms with E-state index in [0.717, 1.165) is 0 Å². The van der Waals surface area contributed by atoms with Gasteiger partial charge in [-0.2, -0.15) is 23.1 Å². The molecule has 0 aliphatic carbocycles. The number of aromatic hydroxyl groups is 1. The van der Waals surface area contributed by atoms with Crippen molar-refractivity contribution in [3.05, 3.63) is 66.7 Å². The van der Waals surface area contributed by atoms with Crippen LogP contribution in [0, 0.1) is 0 Å². The Balaban J connectivity index is 1.20. The number of anilines is 1. The van der Waals surface area contributed by atoms with E-state index < -0.39 is 53.1 Å². The second-order valence-corrected chi connectivity index (χ2v) is 10.6. The van der Waals surface area contributed by atoms with Crippen LogP contribution in [0.1, 0.15) is 16.6 Å². The van der Waals surface area contributed by atoms with Crippen LogP contribution in [0.5, 0.6) is 5.75 Å². The number of rotatable bonds is 8. The first-order valence-corrected chi connectivity index (χ1v) is 13.9. The Morgan fingerprint density at radius 2 is 1.86 bits per heavy atom. The number of aliphatic hydroxyl groups excluding tert-OH is 2. The number of phenolic OH excluding ortho intramolecular Hbond substituents is 1. The molecule has 0 saturated carbocycles. The van der Waals surface area contributed by atoms with Gasteiger partial charge in [-0.15, -0.1) is 5.10 Å². The van der Waals surface area contributed by atoms with Crippen molar-refractivity contribution in [1.29, 1.82) is 0 Å². The van der Waals surface area contributed by atoms with Crippen molar-refractivity contribution in [3.63, 3.8) is 0 Å². The smallest absolute Gasteiger partial charge is 0.362 e. The van der Waals surface area contributed by atoms with Gasteiger partial charge in [0.25, 0.3) is 11.9 Å². The summed E-state index contributed by atoms with van der Waals surface area (Å²) >= 11 is 0. The van der Waals surface area contributed by atoms with Gasteiger partial charge >= 0.3 is 10.3 Å². The maximum Gasteiger partial charge on any atom is 0.362 e. The average molecular weight is 611 g/mol. The number of para-hydroxylation sites is 1. The Bertz CT molecular complexity index is 1920. The normalized spacial score (nSPS) is 20.4. The Kier molecular flexibility index (Phi) is 7.15. The van der Waals surface area contributed by atoms with Crippen molar-refractivity contribution in [2.75, 3.05) is 12.3 Å². The van der Waals surface area contributed by atoms with E-state index >= 15 is 0 Å². The van der Waals surface area contributed by atoms with E-state index in [2.05, 4.69) is 30.2 Å². The monoisotopic (exact) mass is 610 g/mol. The van der Waals surface area contributed by atoms with Gasteiger partial charge in [0, 0.05) is 6.20 Å². The van der Waals surface area contributed by atoms with Crippen molar-refractivity contribution in [3.8, 4) is 23.1 Å². The molecular formula is C24H22N10O8S. The number of nitrogen functional groups attached to an aromatic ring is 1. The maximum absolute atomic E-state index is 12.4. The summed E-state index contributed by atoms with van der Waals surface area (Å²) in [4.78, 5) is 29.3. The molecule has 0 radical (unpaired) electrons. The Hall–Kier alpha value is -5.08. The zero-order chi connectivity index (χ0) is 30.3. The Morgan fingerprint density at radius 1 is 1.07 bits per heavy atom. The summed E-state index contributed by atoms with van der Waals surface area (Å²) in [5, 5.41) is 39.2. The summed E-state index contributed by atoms with van der Waals surface area (Å²) in [5.41, 5.74) is 7.10. The molecule has 4 aromatic heterocycles. The van der Waals surface area contributed by atoms with Crippen molar-refractivity contribution in [2.24, 2.45) is 0 Å². The van der Waals surface area contributed by atoms with Crippen LogP contribution in [-0.2, 0) is 19.2 Å². The molecular weight excluding hydrogens is 588 g/mol. The number of nitrogens with one attached hydrogen (secondary N) is 1. The van der Waals surface area contributed by atoms with Gasteiger partial charge in [-0.1, -0.05) is 23.4 Å². The summed E-state index contributed by atoms with van der Waals surface area (Å²) in [6, 6.07) is 10.6. The third kappa shape index (κ3) is 5.45.